The van der Waals surface area contributed by atoms with E-state index in [0.29, 0.717) is 0 Å². The third kappa shape index (κ3) is 4.09. The quantitative estimate of drug-likeness (QED) is 0.461. The summed E-state index contributed by atoms with van der Waals surface area (Å²) < 4.78 is 11.5. The second-order valence-electron chi connectivity index (χ2n) is 3.60. The number of oxime groups is 1. The number of carbonyl (C=O) groups is 1. The molecule has 1 rings (SSSR count). The van der Waals surface area contributed by atoms with Crippen LogP contribution in [0.25, 0.3) is 0 Å². The highest BCUT2D eigenvalue weighted by molar-refractivity contribution is 7.84. The van der Waals surface area contributed by atoms with Gasteiger partial charge in [0.1, 0.15) is 11.2 Å². The summed E-state index contributed by atoms with van der Waals surface area (Å²) in [6, 6.07) is 1.16. The number of rotatable bonds is 6. The van der Waals surface area contributed by atoms with Crippen molar-refractivity contribution in [3.05, 3.63) is 27.9 Å². The van der Waals surface area contributed by atoms with E-state index in [1.165, 1.54) is 13.2 Å². The van der Waals surface area contributed by atoms with Crippen LogP contribution in [-0.4, -0.2) is 43.8 Å². The first-order valence-corrected chi connectivity index (χ1v) is 6.75. The maximum atomic E-state index is 11.5. The molecule has 1 aromatic rings. The minimum absolute atomic E-state index is 0.107. The Morgan fingerprint density at radius 3 is 2.80 bits per heavy atom. The lowest BCUT2D eigenvalue weighted by atomic mass is 10.2. The zero-order valence-electron chi connectivity index (χ0n) is 10.6. The SMILES string of the molecule is C/C(=N\OCC(=O)O)c1cc([N+](=O)[O-])cnc1S(C)=O. The van der Waals surface area contributed by atoms with Crippen molar-refractivity contribution >= 4 is 28.2 Å². The van der Waals surface area contributed by atoms with Crippen LogP contribution in [0.4, 0.5) is 5.69 Å². The van der Waals surface area contributed by atoms with Crippen molar-refractivity contribution in [1.29, 1.82) is 0 Å². The molecule has 0 amide bonds. The van der Waals surface area contributed by atoms with Crippen LogP contribution in [0.1, 0.15) is 12.5 Å². The summed E-state index contributed by atoms with van der Waals surface area (Å²) in [5.74, 6) is -1.21. The Morgan fingerprint density at radius 2 is 2.30 bits per heavy atom. The molecule has 0 saturated carbocycles. The second-order valence-corrected chi connectivity index (χ2v) is 4.90. The minimum Gasteiger partial charge on any atom is -0.479 e. The van der Waals surface area contributed by atoms with Gasteiger partial charge in [0.2, 0.25) is 6.61 Å². The first-order chi connectivity index (χ1) is 9.32. The molecule has 1 aromatic heterocycles. The number of hydrogen-bond donors (Lipinski definition) is 1. The number of nitro groups is 1. The van der Waals surface area contributed by atoms with E-state index in [4.69, 9.17) is 5.11 Å². The summed E-state index contributed by atoms with van der Waals surface area (Å²) in [5, 5.41) is 22.7. The van der Waals surface area contributed by atoms with Gasteiger partial charge in [-0.1, -0.05) is 5.16 Å². The molecule has 0 aliphatic heterocycles. The Kier molecular flexibility index (Phi) is 5.26. The Bertz CT molecular complexity index is 601. The summed E-state index contributed by atoms with van der Waals surface area (Å²) in [7, 11) is -1.48. The molecule has 20 heavy (non-hydrogen) atoms. The molecule has 0 bridgehead atoms. The zero-order valence-corrected chi connectivity index (χ0v) is 11.4. The predicted octanol–water partition coefficient (Wildman–Crippen LogP) is 0.552. The summed E-state index contributed by atoms with van der Waals surface area (Å²) in [6.45, 7) is 0.795. The predicted molar refractivity (Wildman–Crippen MR) is 69.0 cm³/mol. The number of hydrogen-bond acceptors (Lipinski definition) is 7. The third-order valence-corrected chi connectivity index (χ3v) is 2.97. The molecule has 0 spiro atoms. The topological polar surface area (TPSA) is 132 Å². The fourth-order valence-corrected chi connectivity index (χ4v) is 1.98. The van der Waals surface area contributed by atoms with Crippen molar-refractivity contribution in [3.63, 3.8) is 0 Å². The van der Waals surface area contributed by atoms with Gasteiger partial charge in [-0.15, -0.1) is 0 Å². The smallest absolute Gasteiger partial charge is 0.344 e. The largest absolute Gasteiger partial charge is 0.479 e. The van der Waals surface area contributed by atoms with Crippen LogP contribution in [0.3, 0.4) is 0 Å². The van der Waals surface area contributed by atoms with Crippen molar-refractivity contribution in [2.45, 2.75) is 11.9 Å². The van der Waals surface area contributed by atoms with E-state index in [9.17, 15) is 19.1 Å². The molecule has 108 valence electrons. The van der Waals surface area contributed by atoms with Crippen LogP contribution in [0.5, 0.6) is 0 Å². The lowest BCUT2D eigenvalue weighted by Gasteiger charge is -2.05. The molecular weight excluding hydrogens is 290 g/mol. The van der Waals surface area contributed by atoms with Gasteiger partial charge < -0.3 is 9.94 Å². The Hall–Kier alpha value is -2.36. The maximum absolute atomic E-state index is 11.5. The highest BCUT2D eigenvalue weighted by Crippen LogP contribution is 2.18. The fourth-order valence-electron chi connectivity index (χ4n) is 1.26. The zero-order chi connectivity index (χ0) is 15.3. The lowest BCUT2D eigenvalue weighted by Crippen LogP contribution is -2.09. The van der Waals surface area contributed by atoms with Crippen molar-refractivity contribution in [2.24, 2.45) is 5.16 Å². The monoisotopic (exact) mass is 301 g/mol. The summed E-state index contributed by atoms with van der Waals surface area (Å²) in [4.78, 5) is 28.7. The van der Waals surface area contributed by atoms with Crippen molar-refractivity contribution in [2.75, 3.05) is 12.9 Å². The molecule has 1 unspecified atom stereocenters. The average molecular weight is 301 g/mol. The molecular formula is C10H11N3O6S. The first-order valence-electron chi connectivity index (χ1n) is 5.19. The fraction of sp³-hybridized carbons (Fsp3) is 0.300. The number of carboxylic acids is 1. The van der Waals surface area contributed by atoms with Crippen LogP contribution in [0.2, 0.25) is 0 Å². The van der Waals surface area contributed by atoms with E-state index < -0.39 is 28.3 Å². The Morgan fingerprint density at radius 1 is 1.65 bits per heavy atom. The Balaban J connectivity index is 3.18. The normalized spacial score (nSPS) is 12.8. The molecule has 0 radical (unpaired) electrons. The lowest BCUT2D eigenvalue weighted by molar-refractivity contribution is -0.385. The highest BCUT2D eigenvalue weighted by atomic mass is 32.2. The van der Waals surface area contributed by atoms with Crippen LogP contribution >= 0.6 is 0 Å². The van der Waals surface area contributed by atoms with Crippen molar-refractivity contribution in [1.82, 2.24) is 4.98 Å². The van der Waals surface area contributed by atoms with Gasteiger partial charge >= 0.3 is 5.97 Å². The maximum Gasteiger partial charge on any atom is 0.344 e. The molecule has 10 heteroatoms. The molecule has 1 N–H and O–H groups in total. The standard InChI is InChI=1S/C10H11N3O6S/c1-6(12-19-5-9(14)15)8-3-7(13(16)17)4-11-10(8)20(2)18/h3-4H,5H2,1-2H3,(H,14,15)/b12-6+. The highest BCUT2D eigenvalue weighted by Gasteiger charge is 2.17. The average Bonchev–Trinajstić information content (AvgIpc) is 2.37. The van der Waals surface area contributed by atoms with E-state index in [2.05, 4.69) is 15.0 Å². The minimum atomic E-state index is -1.48. The van der Waals surface area contributed by atoms with Crippen LogP contribution < -0.4 is 0 Å². The van der Waals surface area contributed by atoms with E-state index in [0.717, 1.165) is 12.3 Å². The molecule has 1 heterocycles. The summed E-state index contributed by atoms with van der Waals surface area (Å²) in [6.07, 6.45) is 2.36. The van der Waals surface area contributed by atoms with Gasteiger partial charge in [0.25, 0.3) is 5.69 Å². The van der Waals surface area contributed by atoms with Gasteiger partial charge in [0.05, 0.1) is 21.4 Å². The second kappa shape index (κ2) is 6.70. The van der Waals surface area contributed by atoms with E-state index in [1.54, 1.807) is 0 Å². The van der Waals surface area contributed by atoms with Crippen LogP contribution in [0, 0.1) is 10.1 Å². The molecule has 1 atom stereocenters. The van der Waals surface area contributed by atoms with Crippen LogP contribution in [0.15, 0.2) is 22.4 Å². The molecule has 0 fully saturated rings. The molecule has 0 aliphatic carbocycles. The number of carboxylic acid groups (broad SMARTS) is 1. The van der Waals surface area contributed by atoms with E-state index >= 15 is 0 Å². The molecule has 0 aliphatic rings. The van der Waals surface area contributed by atoms with Gasteiger partial charge in [0, 0.05) is 17.9 Å². The van der Waals surface area contributed by atoms with Gasteiger partial charge in [-0.05, 0) is 6.92 Å². The third-order valence-electron chi connectivity index (χ3n) is 2.10. The van der Waals surface area contributed by atoms with E-state index in [1.807, 2.05) is 0 Å². The molecule has 9 nitrogen and oxygen atoms in total. The van der Waals surface area contributed by atoms with Crippen LogP contribution in [-0.2, 0) is 20.4 Å². The van der Waals surface area contributed by atoms with Crippen molar-refractivity contribution < 1.29 is 23.9 Å². The van der Waals surface area contributed by atoms with Gasteiger partial charge in [-0.2, -0.15) is 0 Å². The van der Waals surface area contributed by atoms with Gasteiger partial charge in [0.15, 0.2) is 0 Å². The first kappa shape index (κ1) is 15.7. The Labute approximate surface area is 115 Å². The number of pyridine rings is 1. The number of aromatic nitrogens is 1. The van der Waals surface area contributed by atoms with E-state index in [-0.39, 0.29) is 22.0 Å². The van der Waals surface area contributed by atoms with Crippen molar-refractivity contribution in [3.8, 4) is 0 Å². The number of aliphatic carboxylic acids is 1. The molecule has 0 aromatic carbocycles. The molecule has 0 saturated heterocycles. The summed E-state index contributed by atoms with van der Waals surface area (Å²) in [5.41, 5.74) is 0.0278. The number of nitrogens with zero attached hydrogens (tertiary/aromatic N) is 3. The summed E-state index contributed by atoms with van der Waals surface area (Å²) >= 11 is 0. The van der Waals surface area contributed by atoms with Gasteiger partial charge in [-0.25, -0.2) is 9.78 Å². The van der Waals surface area contributed by atoms with Gasteiger partial charge in [-0.3, -0.25) is 14.3 Å².